The monoisotopic (exact) mass is 411 g/mol. The summed E-state index contributed by atoms with van der Waals surface area (Å²) in [5.74, 6) is -1.27. The summed E-state index contributed by atoms with van der Waals surface area (Å²) in [5.41, 5.74) is 4.13. The molecule has 0 spiro atoms. The van der Waals surface area contributed by atoms with Gasteiger partial charge in [-0.2, -0.15) is 0 Å². The first kappa shape index (κ1) is 19.8. The van der Waals surface area contributed by atoms with Crippen molar-refractivity contribution in [2.75, 3.05) is 5.32 Å². The Labute approximate surface area is 174 Å². The largest absolute Gasteiger partial charge is 0.300 e. The van der Waals surface area contributed by atoms with Crippen LogP contribution < -0.4 is 5.32 Å². The molecule has 6 nitrogen and oxygen atoms in total. The third kappa shape index (κ3) is 3.59. The van der Waals surface area contributed by atoms with Crippen LogP contribution in [-0.2, 0) is 14.4 Å². The molecule has 2 aromatic rings. The zero-order chi connectivity index (χ0) is 20.7. The summed E-state index contributed by atoms with van der Waals surface area (Å²) in [6.45, 7) is 5.69. The minimum atomic E-state index is -0.839. The smallest absolute Gasteiger partial charge is 0.249 e. The Bertz CT molecular complexity index is 959. The number of amides is 3. The van der Waals surface area contributed by atoms with Crippen molar-refractivity contribution < 1.29 is 14.4 Å². The standard InChI is InChI=1S/C22H25N3O3S/c1-12-8-9-15(13(2)10-12)18-11-29-22(23-18)24-19(26)14(3)25-20(27)16-6-4-5-7-17(16)21(25)28/h8-11,14,16-17H,4-7H2,1-3H3,(H,23,24,26). The fraction of sp³-hybridized carbons (Fsp3) is 0.455. The van der Waals surface area contributed by atoms with E-state index in [1.54, 1.807) is 6.92 Å². The zero-order valence-corrected chi connectivity index (χ0v) is 17.7. The molecule has 1 aromatic carbocycles. The number of benzene rings is 1. The average molecular weight is 412 g/mol. The lowest BCUT2D eigenvalue weighted by molar-refractivity contribution is -0.146. The van der Waals surface area contributed by atoms with Crippen LogP contribution in [0.2, 0.25) is 0 Å². The van der Waals surface area contributed by atoms with Crippen LogP contribution in [0.1, 0.15) is 43.7 Å². The maximum Gasteiger partial charge on any atom is 0.249 e. The molecule has 1 aliphatic heterocycles. The molecule has 1 saturated heterocycles. The molecule has 2 aliphatic rings. The lowest BCUT2D eigenvalue weighted by Gasteiger charge is -2.21. The van der Waals surface area contributed by atoms with E-state index < -0.39 is 6.04 Å². The van der Waals surface area contributed by atoms with Crippen LogP contribution in [0.25, 0.3) is 11.3 Å². The van der Waals surface area contributed by atoms with Crippen molar-refractivity contribution in [3.05, 3.63) is 34.7 Å². The quantitative estimate of drug-likeness (QED) is 0.773. The third-order valence-electron chi connectivity index (χ3n) is 6.03. The van der Waals surface area contributed by atoms with Crippen molar-refractivity contribution in [1.29, 1.82) is 0 Å². The molecule has 3 amide bonds. The molecule has 1 N–H and O–H groups in total. The second kappa shape index (κ2) is 7.71. The Hall–Kier alpha value is -2.54. The highest BCUT2D eigenvalue weighted by molar-refractivity contribution is 7.14. The summed E-state index contributed by atoms with van der Waals surface area (Å²) in [6, 6.07) is 5.32. The summed E-state index contributed by atoms with van der Waals surface area (Å²) in [6.07, 6.45) is 3.42. The minimum absolute atomic E-state index is 0.197. The van der Waals surface area contributed by atoms with E-state index >= 15 is 0 Å². The molecule has 0 bridgehead atoms. The van der Waals surface area contributed by atoms with Crippen LogP contribution in [0, 0.1) is 25.7 Å². The van der Waals surface area contributed by atoms with Crippen LogP contribution in [0.15, 0.2) is 23.6 Å². The van der Waals surface area contributed by atoms with Gasteiger partial charge in [0, 0.05) is 10.9 Å². The summed E-state index contributed by atoms with van der Waals surface area (Å²) in [7, 11) is 0. The molecule has 3 unspecified atom stereocenters. The summed E-state index contributed by atoms with van der Waals surface area (Å²) in [4.78, 5) is 43.9. The predicted molar refractivity (Wildman–Crippen MR) is 112 cm³/mol. The lowest BCUT2D eigenvalue weighted by atomic mass is 9.81. The number of imide groups is 1. The van der Waals surface area contributed by atoms with Crippen molar-refractivity contribution in [3.63, 3.8) is 0 Å². The molecule has 152 valence electrons. The molecule has 1 aromatic heterocycles. The third-order valence-corrected chi connectivity index (χ3v) is 6.79. The maximum atomic E-state index is 12.8. The first-order valence-electron chi connectivity index (χ1n) is 10.1. The Morgan fingerprint density at radius 3 is 2.45 bits per heavy atom. The van der Waals surface area contributed by atoms with Gasteiger partial charge in [0.2, 0.25) is 17.7 Å². The average Bonchev–Trinajstić information content (AvgIpc) is 3.25. The summed E-state index contributed by atoms with van der Waals surface area (Å²) < 4.78 is 0. The van der Waals surface area contributed by atoms with Gasteiger partial charge >= 0.3 is 0 Å². The number of aromatic nitrogens is 1. The predicted octanol–water partition coefficient (Wildman–Crippen LogP) is 3.93. The van der Waals surface area contributed by atoms with E-state index in [0.717, 1.165) is 42.5 Å². The van der Waals surface area contributed by atoms with Gasteiger partial charge < -0.3 is 5.32 Å². The highest BCUT2D eigenvalue weighted by atomic mass is 32.1. The molecule has 2 fully saturated rings. The van der Waals surface area contributed by atoms with E-state index in [4.69, 9.17) is 0 Å². The number of carbonyl (C=O) groups excluding carboxylic acids is 3. The van der Waals surface area contributed by atoms with E-state index in [1.165, 1.54) is 21.8 Å². The van der Waals surface area contributed by atoms with Crippen LogP contribution in [0.4, 0.5) is 5.13 Å². The van der Waals surface area contributed by atoms with Crippen molar-refractivity contribution >= 4 is 34.2 Å². The number of nitrogens with one attached hydrogen (secondary N) is 1. The van der Waals surface area contributed by atoms with E-state index in [2.05, 4.69) is 16.4 Å². The van der Waals surface area contributed by atoms with Crippen LogP contribution in [0.5, 0.6) is 0 Å². The van der Waals surface area contributed by atoms with Crippen LogP contribution in [0.3, 0.4) is 0 Å². The Balaban J connectivity index is 1.48. The molecular weight excluding hydrogens is 386 g/mol. The van der Waals surface area contributed by atoms with Crippen molar-refractivity contribution in [1.82, 2.24) is 9.88 Å². The van der Waals surface area contributed by atoms with Crippen molar-refractivity contribution in [2.24, 2.45) is 11.8 Å². The van der Waals surface area contributed by atoms with Crippen molar-refractivity contribution in [3.8, 4) is 11.3 Å². The normalized spacial score (nSPS) is 22.5. The number of thiazole rings is 1. The molecule has 3 atom stereocenters. The SMILES string of the molecule is Cc1ccc(-c2csc(NC(=O)C(C)N3C(=O)C4CCCCC4C3=O)n2)c(C)c1. The Morgan fingerprint density at radius 2 is 1.83 bits per heavy atom. The lowest BCUT2D eigenvalue weighted by Crippen LogP contribution is -2.46. The van der Waals surface area contributed by atoms with Gasteiger partial charge in [0.15, 0.2) is 5.13 Å². The molecule has 0 radical (unpaired) electrons. The molecule has 1 aliphatic carbocycles. The minimum Gasteiger partial charge on any atom is -0.300 e. The molecule has 1 saturated carbocycles. The number of hydrogen-bond donors (Lipinski definition) is 1. The van der Waals surface area contributed by atoms with Crippen LogP contribution >= 0.6 is 11.3 Å². The van der Waals surface area contributed by atoms with Crippen molar-refractivity contribution in [2.45, 2.75) is 52.5 Å². The van der Waals surface area contributed by atoms with E-state index in [9.17, 15) is 14.4 Å². The number of likely N-dealkylation sites (tertiary alicyclic amines) is 1. The van der Waals surface area contributed by atoms with Gasteiger partial charge in [-0.3, -0.25) is 19.3 Å². The van der Waals surface area contributed by atoms with Gasteiger partial charge in [0.25, 0.3) is 0 Å². The molecule has 2 heterocycles. The van der Waals surface area contributed by atoms with Crippen LogP contribution in [-0.4, -0.2) is 33.6 Å². The molecule has 7 heteroatoms. The second-order valence-corrected chi connectivity index (χ2v) is 8.92. The number of hydrogen-bond acceptors (Lipinski definition) is 5. The number of aryl methyl sites for hydroxylation is 2. The van der Waals surface area contributed by atoms with Gasteiger partial charge in [-0.05, 0) is 39.2 Å². The molecular formula is C22H25N3O3S. The topological polar surface area (TPSA) is 79.4 Å². The highest BCUT2D eigenvalue weighted by Crippen LogP contribution is 2.39. The fourth-order valence-corrected chi connectivity index (χ4v) is 5.17. The Kier molecular flexibility index (Phi) is 5.25. The summed E-state index contributed by atoms with van der Waals surface area (Å²) >= 11 is 1.34. The van der Waals surface area contributed by atoms with Gasteiger partial charge in [-0.25, -0.2) is 4.98 Å². The van der Waals surface area contributed by atoms with E-state index in [0.29, 0.717) is 5.13 Å². The summed E-state index contributed by atoms with van der Waals surface area (Å²) in [5, 5.41) is 5.15. The molecule has 4 rings (SSSR count). The van der Waals surface area contributed by atoms with E-state index in [1.807, 2.05) is 31.4 Å². The van der Waals surface area contributed by atoms with E-state index in [-0.39, 0.29) is 29.6 Å². The van der Waals surface area contributed by atoms with Gasteiger partial charge in [0.05, 0.1) is 17.5 Å². The highest BCUT2D eigenvalue weighted by Gasteiger charge is 2.50. The van der Waals surface area contributed by atoms with Gasteiger partial charge in [-0.1, -0.05) is 36.6 Å². The van der Waals surface area contributed by atoms with Gasteiger partial charge in [-0.15, -0.1) is 11.3 Å². The number of rotatable bonds is 4. The van der Waals surface area contributed by atoms with Gasteiger partial charge in [0.1, 0.15) is 6.04 Å². The zero-order valence-electron chi connectivity index (χ0n) is 16.9. The Morgan fingerprint density at radius 1 is 1.17 bits per heavy atom. The first-order chi connectivity index (χ1) is 13.9. The number of carbonyl (C=O) groups is 3. The fourth-order valence-electron chi connectivity index (χ4n) is 4.45. The number of anilines is 1. The number of fused-ring (bicyclic) bond motifs is 1. The maximum absolute atomic E-state index is 12.8. The first-order valence-corrected chi connectivity index (χ1v) is 11.0. The number of nitrogens with zero attached hydrogens (tertiary/aromatic N) is 2. The molecule has 29 heavy (non-hydrogen) atoms. The second-order valence-electron chi connectivity index (χ2n) is 8.07.